The van der Waals surface area contributed by atoms with Crippen LogP contribution in [0, 0.1) is 4.77 Å². The fourth-order valence-corrected chi connectivity index (χ4v) is 2.44. The Hall–Kier alpha value is -0.880. The molecule has 6 heteroatoms. The van der Waals surface area contributed by atoms with Gasteiger partial charge < -0.3 is 9.80 Å². The molecule has 2 heterocycles. The van der Waals surface area contributed by atoms with Crippen LogP contribution in [0.4, 0.5) is 5.95 Å². The number of H-pyrrole nitrogens is 1. The molecule has 1 aliphatic rings. The maximum absolute atomic E-state index is 5.27. The highest BCUT2D eigenvalue weighted by atomic mass is 32.1. The van der Waals surface area contributed by atoms with Crippen LogP contribution >= 0.6 is 12.2 Å². The highest BCUT2D eigenvalue weighted by Crippen LogP contribution is 2.14. The minimum absolute atomic E-state index is 0.736. The normalized spacial score (nSPS) is 18.4. The predicted octanol–water partition coefficient (Wildman–Crippen LogP) is 1.49. The lowest BCUT2D eigenvalue weighted by Gasteiger charge is -2.21. The van der Waals surface area contributed by atoms with Crippen molar-refractivity contribution in [2.75, 3.05) is 38.1 Å². The van der Waals surface area contributed by atoms with E-state index in [1.807, 2.05) is 0 Å². The number of rotatable bonds is 3. The van der Waals surface area contributed by atoms with Crippen LogP contribution in [0.1, 0.15) is 19.8 Å². The third-order valence-corrected chi connectivity index (χ3v) is 3.50. The van der Waals surface area contributed by atoms with E-state index >= 15 is 0 Å². The number of hydrogen-bond donors (Lipinski definition) is 1. The number of nitrogens with zero attached hydrogens (tertiary/aromatic N) is 4. The average molecular weight is 255 g/mol. The largest absolute Gasteiger partial charge is 0.340 e. The highest BCUT2D eigenvalue weighted by Gasteiger charge is 2.17. The van der Waals surface area contributed by atoms with Crippen molar-refractivity contribution in [3.8, 4) is 0 Å². The lowest BCUT2D eigenvalue weighted by Crippen LogP contribution is -2.31. The maximum atomic E-state index is 5.27. The molecule has 0 aliphatic carbocycles. The minimum atomic E-state index is 0.736. The van der Waals surface area contributed by atoms with Crippen LogP contribution in [-0.2, 0) is 6.54 Å². The minimum Gasteiger partial charge on any atom is -0.340 e. The number of hydrogen-bond acceptors (Lipinski definition) is 4. The molecule has 1 N–H and O–H groups in total. The zero-order valence-corrected chi connectivity index (χ0v) is 11.5. The van der Waals surface area contributed by atoms with Crippen molar-refractivity contribution in [3.63, 3.8) is 0 Å². The van der Waals surface area contributed by atoms with Gasteiger partial charge in [0.05, 0.1) is 0 Å². The number of likely N-dealkylation sites (N-methyl/N-ethyl adjacent to an activating group) is 1. The molecular weight excluding hydrogens is 234 g/mol. The molecule has 0 radical (unpaired) electrons. The number of anilines is 1. The van der Waals surface area contributed by atoms with Gasteiger partial charge in [0.15, 0.2) is 4.77 Å². The molecule has 0 spiro atoms. The van der Waals surface area contributed by atoms with Crippen molar-refractivity contribution >= 4 is 18.2 Å². The number of nitrogens with one attached hydrogen (secondary N) is 1. The first-order valence-electron chi connectivity index (χ1n) is 6.31. The molecule has 1 aromatic rings. The SMILES string of the molecule is CCCn1c(N2CCCN(C)CC2)n[nH]c1=S. The van der Waals surface area contributed by atoms with Crippen molar-refractivity contribution in [1.82, 2.24) is 19.7 Å². The van der Waals surface area contributed by atoms with Crippen molar-refractivity contribution in [1.29, 1.82) is 0 Å². The van der Waals surface area contributed by atoms with E-state index in [1.54, 1.807) is 0 Å². The molecule has 2 rings (SSSR count). The van der Waals surface area contributed by atoms with E-state index in [1.165, 1.54) is 6.42 Å². The Morgan fingerprint density at radius 3 is 2.88 bits per heavy atom. The first-order chi connectivity index (χ1) is 8.22. The van der Waals surface area contributed by atoms with Crippen LogP contribution in [0.5, 0.6) is 0 Å². The van der Waals surface area contributed by atoms with Crippen LogP contribution in [0.3, 0.4) is 0 Å². The summed E-state index contributed by atoms with van der Waals surface area (Å²) in [7, 11) is 2.17. The van der Waals surface area contributed by atoms with Gasteiger partial charge >= 0.3 is 0 Å². The Bertz CT molecular complexity index is 410. The molecule has 0 aromatic carbocycles. The Balaban J connectivity index is 2.18. The third-order valence-electron chi connectivity index (χ3n) is 3.19. The molecule has 5 nitrogen and oxygen atoms in total. The van der Waals surface area contributed by atoms with Crippen molar-refractivity contribution in [3.05, 3.63) is 4.77 Å². The molecule has 0 amide bonds. The molecule has 0 bridgehead atoms. The molecule has 1 saturated heterocycles. The molecule has 0 unspecified atom stereocenters. The van der Waals surface area contributed by atoms with Crippen LogP contribution in [-0.4, -0.2) is 52.9 Å². The van der Waals surface area contributed by atoms with Gasteiger partial charge in [0.2, 0.25) is 5.95 Å². The van der Waals surface area contributed by atoms with Crippen molar-refractivity contribution in [2.24, 2.45) is 0 Å². The summed E-state index contributed by atoms with van der Waals surface area (Å²) in [6, 6.07) is 0. The van der Waals surface area contributed by atoms with Gasteiger partial charge in [0.1, 0.15) is 0 Å². The molecule has 17 heavy (non-hydrogen) atoms. The lowest BCUT2D eigenvalue weighted by molar-refractivity contribution is 0.360. The average Bonchev–Trinajstić information content (AvgIpc) is 2.54. The van der Waals surface area contributed by atoms with Crippen molar-refractivity contribution < 1.29 is 0 Å². The molecule has 0 saturated carbocycles. The summed E-state index contributed by atoms with van der Waals surface area (Å²) in [4.78, 5) is 4.71. The smallest absolute Gasteiger partial charge is 0.225 e. The Kier molecular flexibility index (Phi) is 4.17. The fourth-order valence-electron chi connectivity index (χ4n) is 2.22. The van der Waals surface area contributed by atoms with Crippen LogP contribution in [0.25, 0.3) is 0 Å². The molecule has 0 atom stereocenters. The summed E-state index contributed by atoms with van der Waals surface area (Å²) in [5.74, 6) is 1.01. The number of aromatic nitrogens is 3. The molecular formula is C11H21N5S. The second-order valence-electron chi connectivity index (χ2n) is 4.62. The fraction of sp³-hybridized carbons (Fsp3) is 0.818. The quantitative estimate of drug-likeness (QED) is 0.831. The van der Waals surface area contributed by atoms with E-state index in [4.69, 9.17) is 12.2 Å². The van der Waals surface area contributed by atoms with Gasteiger partial charge in [0, 0.05) is 26.2 Å². The van der Waals surface area contributed by atoms with E-state index in [2.05, 4.69) is 38.5 Å². The van der Waals surface area contributed by atoms with E-state index in [0.717, 1.165) is 49.9 Å². The summed E-state index contributed by atoms with van der Waals surface area (Å²) >= 11 is 5.27. The highest BCUT2D eigenvalue weighted by molar-refractivity contribution is 7.71. The summed E-state index contributed by atoms with van der Waals surface area (Å²) in [5.41, 5.74) is 0. The van der Waals surface area contributed by atoms with Gasteiger partial charge in [-0.05, 0) is 38.7 Å². The van der Waals surface area contributed by atoms with E-state index in [0.29, 0.717) is 0 Å². The predicted molar refractivity (Wildman–Crippen MR) is 72.0 cm³/mol. The monoisotopic (exact) mass is 255 g/mol. The molecule has 1 aliphatic heterocycles. The lowest BCUT2D eigenvalue weighted by atomic mass is 10.4. The van der Waals surface area contributed by atoms with Gasteiger partial charge in [-0.2, -0.15) is 0 Å². The first kappa shape index (κ1) is 12.6. The molecule has 96 valence electrons. The van der Waals surface area contributed by atoms with E-state index in [-0.39, 0.29) is 0 Å². The first-order valence-corrected chi connectivity index (χ1v) is 6.72. The summed E-state index contributed by atoms with van der Waals surface area (Å²) in [6.45, 7) is 7.44. The molecule has 1 fully saturated rings. The second kappa shape index (κ2) is 5.64. The van der Waals surface area contributed by atoms with E-state index < -0.39 is 0 Å². The van der Waals surface area contributed by atoms with Gasteiger partial charge in [-0.25, -0.2) is 5.10 Å². The van der Waals surface area contributed by atoms with Crippen LogP contribution in [0.2, 0.25) is 0 Å². The van der Waals surface area contributed by atoms with Gasteiger partial charge in [-0.15, -0.1) is 5.10 Å². The Labute approximate surface area is 107 Å². The third kappa shape index (κ3) is 2.87. The standard InChI is InChI=1S/C11H21N5S/c1-3-5-16-10(12-13-11(16)17)15-7-4-6-14(2)8-9-15/h3-9H2,1-2H3,(H,13,17). The Morgan fingerprint density at radius 2 is 2.12 bits per heavy atom. The Morgan fingerprint density at radius 1 is 1.29 bits per heavy atom. The maximum Gasteiger partial charge on any atom is 0.225 e. The summed E-state index contributed by atoms with van der Waals surface area (Å²) in [6.07, 6.45) is 2.26. The molecule has 1 aromatic heterocycles. The topological polar surface area (TPSA) is 40.1 Å². The van der Waals surface area contributed by atoms with Crippen molar-refractivity contribution in [2.45, 2.75) is 26.3 Å². The van der Waals surface area contributed by atoms with Crippen LogP contribution in [0.15, 0.2) is 0 Å². The number of aromatic amines is 1. The summed E-state index contributed by atoms with van der Waals surface area (Å²) < 4.78 is 2.85. The van der Waals surface area contributed by atoms with Crippen LogP contribution < -0.4 is 4.90 Å². The van der Waals surface area contributed by atoms with E-state index in [9.17, 15) is 0 Å². The zero-order valence-electron chi connectivity index (χ0n) is 10.6. The summed E-state index contributed by atoms with van der Waals surface area (Å²) in [5, 5.41) is 7.29. The zero-order chi connectivity index (χ0) is 12.3. The van der Waals surface area contributed by atoms with Gasteiger partial charge in [-0.3, -0.25) is 4.57 Å². The van der Waals surface area contributed by atoms with Gasteiger partial charge in [-0.1, -0.05) is 6.92 Å². The van der Waals surface area contributed by atoms with Gasteiger partial charge in [0.25, 0.3) is 0 Å². The second-order valence-corrected chi connectivity index (χ2v) is 5.01.